The molecule has 5 heteroatoms. The number of fused-ring (bicyclic) bond motifs is 5. The first kappa shape index (κ1) is 25.3. The molecular weight excluding hydrogens is 416 g/mol. The van der Waals surface area contributed by atoms with Crippen molar-refractivity contribution in [2.24, 2.45) is 46.3 Å². The van der Waals surface area contributed by atoms with Gasteiger partial charge in [0.2, 0.25) is 0 Å². The fraction of sp³-hybridized carbons (Fsp3) is 0.893. The van der Waals surface area contributed by atoms with Gasteiger partial charge in [-0.3, -0.25) is 4.79 Å². The van der Waals surface area contributed by atoms with E-state index < -0.39 is 29.3 Å². The molecule has 0 spiro atoms. The number of allylic oxidation sites excluding steroid dienone is 1. The lowest BCUT2D eigenvalue weighted by Crippen LogP contribution is -2.61. The van der Waals surface area contributed by atoms with Gasteiger partial charge >= 0.3 is 0 Å². The summed E-state index contributed by atoms with van der Waals surface area (Å²) in [6.07, 6.45) is 4.28. The summed E-state index contributed by atoms with van der Waals surface area (Å²) in [6.45, 7) is 13.0. The number of hydrogen-bond donors (Lipinski definition) is 4. The van der Waals surface area contributed by atoms with Crippen LogP contribution in [-0.2, 0) is 4.79 Å². The molecule has 3 fully saturated rings. The van der Waals surface area contributed by atoms with Gasteiger partial charge in [0.05, 0.1) is 23.9 Å². The van der Waals surface area contributed by atoms with Crippen LogP contribution < -0.4 is 0 Å². The maximum Gasteiger partial charge on any atom is 0.159 e. The molecule has 33 heavy (non-hydrogen) atoms. The van der Waals surface area contributed by atoms with Crippen molar-refractivity contribution in [3.8, 4) is 0 Å². The largest absolute Gasteiger partial charge is 0.393 e. The summed E-state index contributed by atoms with van der Waals surface area (Å²) in [5.41, 5.74) is -1.01. The second-order valence-electron chi connectivity index (χ2n) is 13.0. The number of rotatable bonds is 5. The highest BCUT2D eigenvalue weighted by molar-refractivity contribution is 5.95. The first-order valence-corrected chi connectivity index (χ1v) is 13.3. The highest BCUT2D eigenvalue weighted by atomic mass is 16.3. The van der Waals surface area contributed by atoms with Crippen LogP contribution in [0.2, 0.25) is 0 Å². The highest BCUT2D eigenvalue weighted by Crippen LogP contribution is 2.68. The molecule has 0 amide bonds. The van der Waals surface area contributed by atoms with Gasteiger partial charge in [-0.05, 0) is 91.6 Å². The van der Waals surface area contributed by atoms with Crippen molar-refractivity contribution in [2.45, 2.75) is 110 Å². The van der Waals surface area contributed by atoms with E-state index in [-0.39, 0.29) is 34.9 Å². The second kappa shape index (κ2) is 8.43. The van der Waals surface area contributed by atoms with Crippen molar-refractivity contribution in [3.63, 3.8) is 0 Å². The van der Waals surface area contributed by atoms with Gasteiger partial charge < -0.3 is 20.4 Å². The molecule has 11 atom stereocenters. The van der Waals surface area contributed by atoms with E-state index in [9.17, 15) is 25.2 Å². The Morgan fingerprint density at radius 2 is 1.70 bits per heavy atom. The lowest BCUT2D eigenvalue weighted by atomic mass is 9.46. The van der Waals surface area contributed by atoms with Gasteiger partial charge in [0.15, 0.2) is 5.78 Å². The quantitative estimate of drug-likeness (QED) is 0.497. The number of aliphatic hydroxyl groups is 4. The van der Waals surface area contributed by atoms with Gasteiger partial charge in [0, 0.05) is 11.3 Å². The van der Waals surface area contributed by atoms with E-state index in [1.165, 1.54) is 0 Å². The van der Waals surface area contributed by atoms with Crippen molar-refractivity contribution < 1.29 is 25.2 Å². The average Bonchev–Trinajstić information content (AvgIpc) is 3.01. The van der Waals surface area contributed by atoms with Gasteiger partial charge in [-0.2, -0.15) is 0 Å². The number of aliphatic hydroxyl groups excluding tert-OH is 3. The van der Waals surface area contributed by atoms with Crippen molar-refractivity contribution in [2.75, 3.05) is 0 Å². The smallest absolute Gasteiger partial charge is 0.159 e. The Kier molecular flexibility index (Phi) is 6.47. The first-order chi connectivity index (χ1) is 15.3. The van der Waals surface area contributed by atoms with Crippen LogP contribution in [0, 0.1) is 46.3 Å². The lowest BCUT2D eigenvalue weighted by molar-refractivity contribution is -0.154. The molecule has 0 aromatic rings. The molecule has 5 nitrogen and oxygen atoms in total. The predicted molar refractivity (Wildman–Crippen MR) is 128 cm³/mol. The minimum atomic E-state index is -1.05. The Hall–Kier alpha value is -0.750. The Morgan fingerprint density at radius 3 is 2.33 bits per heavy atom. The van der Waals surface area contributed by atoms with Crippen molar-refractivity contribution in [1.82, 2.24) is 0 Å². The third-order valence-corrected chi connectivity index (χ3v) is 11.2. The molecule has 0 aliphatic heterocycles. The van der Waals surface area contributed by atoms with Crippen LogP contribution in [0.25, 0.3) is 0 Å². The zero-order chi connectivity index (χ0) is 24.5. The van der Waals surface area contributed by atoms with E-state index in [0.29, 0.717) is 31.1 Å². The normalized spacial score (nSPS) is 47.9. The van der Waals surface area contributed by atoms with E-state index in [1.807, 2.05) is 0 Å². The molecule has 2 unspecified atom stereocenters. The molecule has 0 bridgehead atoms. The number of ketones is 1. The molecule has 4 aliphatic rings. The molecule has 0 heterocycles. The lowest BCUT2D eigenvalue weighted by Gasteiger charge is -2.60. The molecule has 3 saturated carbocycles. The molecule has 4 N–H and O–H groups in total. The van der Waals surface area contributed by atoms with E-state index in [2.05, 4.69) is 41.5 Å². The van der Waals surface area contributed by atoms with Crippen molar-refractivity contribution in [3.05, 3.63) is 11.6 Å². The molecule has 0 radical (unpaired) electrons. The number of carbonyl (C=O) groups is 1. The minimum Gasteiger partial charge on any atom is -0.393 e. The minimum absolute atomic E-state index is 0.00494. The summed E-state index contributed by atoms with van der Waals surface area (Å²) in [7, 11) is 0. The van der Waals surface area contributed by atoms with Crippen LogP contribution in [0.1, 0.15) is 86.5 Å². The third-order valence-electron chi connectivity index (χ3n) is 11.2. The summed E-state index contributed by atoms with van der Waals surface area (Å²) in [5, 5.41) is 44.1. The summed E-state index contributed by atoms with van der Waals surface area (Å²) < 4.78 is 0. The third kappa shape index (κ3) is 3.68. The molecule has 4 rings (SSSR count). The zero-order valence-electron chi connectivity index (χ0n) is 21.4. The maximum atomic E-state index is 13.3. The fourth-order valence-corrected chi connectivity index (χ4v) is 8.39. The number of carbonyl (C=O) groups excluding carboxylic acids is 1. The summed E-state index contributed by atoms with van der Waals surface area (Å²) in [6, 6.07) is 0. The Balaban J connectivity index is 1.64. The van der Waals surface area contributed by atoms with Crippen LogP contribution >= 0.6 is 0 Å². The van der Waals surface area contributed by atoms with Crippen LogP contribution in [-0.4, -0.2) is 50.1 Å². The van der Waals surface area contributed by atoms with E-state index >= 15 is 0 Å². The predicted octanol–water partition coefficient (Wildman–Crippen LogP) is 3.87. The standard InChI is InChI=1S/C28H46O5/c1-15(2)16(3)11-22(29)17(4)18-8-10-28(33)20-12-23(30)21-13-24(31)25(32)14-26(21,5)19(20)7-9-27(18,28)6/h12,15-19,21-22,24-25,29,31-33H,7-11,13-14H2,1-6H3/t16?,17-,18?,19-,21-,22+,24+,25-,26+,27+,28+/m0/s1. The molecule has 4 aliphatic carbocycles. The SMILES string of the molecule is CC(C)C(C)C[C@@H](O)[C@@H](C)C1CC[C@@]2(O)C3=CC(=O)[C@@H]4C[C@@H](O)[C@@H](O)C[C@]4(C)[C@H]3CC[C@]12C. The van der Waals surface area contributed by atoms with E-state index in [0.717, 1.165) is 31.3 Å². The highest BCUT2D eigenvalue weighted by Gasteiger charge is 2.67. The van der Waals surface area contributed by atoms with Crippen LogP contribution in [0.3, 0.4) is 0 Å². The molecule has 188 valence electrons. The number of hydrogen-bond acceptors (Lipinski definition) is 5. The van der Waals surface area contributed by atoms with Gasteiger partial charge in [0.25, 0.3) is 0 Å². The molecule has 0 aromatic carbocycles. The zero-order valence-corrected chi connectivity index (χ0v) is 21.4. The van der Waals surface area contributed by atoms with Gasteiger partial charge in [-0.25, -0.2) is 0 Å². The summed E-state index contributed by atoms with van der Waals surface area (Å²) in [4.78, 5) is 13.3. The van der Waals surface area contributed by atoms with Gasteiger partial charge in [0.1, 0.15) is 0 Å². The molecule has 0 saturated heterocycles. The summed E-state index contributed by atoms with van der Waals surface area (Å²) in [5.74, 6) is 0.975. The van der Waals surface area contributed by atoms with Crippen molar-refractivity contribution >= 4 is 5.78 Å². The monoisotopic (exact) mass is 462 g/mol. The van der Waals surface area contributed by atoms with E-state index in [4.69, 9.17) is 0 Å². The van der Waals surface area contributed by atoms with Crippen LogP contribution in [0.4, 0.5) is 0 Å². The van der Waals surface area contributed by atoms with Crippen molar-refractivity contribution in [1.29, 1.82) is 0 Å². The average molecular weight is 463 g/mol. The Labute approximate surface area is 199 Å². The van der Waals surface area contributed by atoms with Crippen LogP contribution in [0.15, 0.2) is 11.6 Å². The Bertz CT molecular complexity index is 806. The molecule has 0 aromatic heterocycles. The fourth-order valence-electron chi connectivity index (χ4n) is 8.39. The van der Waals surface area contributed by atoms with Gasteiger partial charge in [-0.15, -0.1) is 0 Å². The second-order valence-corrected chi connectivity index (χ2v) is 13.0. The van der Waals surface area contributed by atoms with Crippen LogP contribution in [0.5, 0.6) is 0 Å². The first-order valence-electron chi connectivity index (χ1n) is 13.3. The summed E-state index contributed by atoms with van der Waals surface area (Å²) >= 11 is 0. The van der Waals surface area contributed by atoms with Gasteiger partial charge in [-0.1, -0.05) is 41.5 Å². The van der Waals surface area contributed by atoms with E-state index in [1.54, 1.807) is 6.08 Å². The molecular formula is C28H46O5. The topological polar surface area (TPSA) is 98.0 Å². The Morgan fingerprint density at radius 1 is 1.03 bits per heavy atom. The maximum absolute atomic E-state index is 13.3.